The second-order valence-electron chi connectivity index (χ2n) is 6.78. The fourth-order valence-electron chi connectivity index (χ4n) is 3.76. The highest BCUT2D eigenvalue weighted by atomic mass is 16.5. The number of hydrogen-bond donors (Lipinski definition) is 0. The van der Waals surface area contributed by atoms with Crippen LogP contribution in [0.5, 0.6) is 5.75 Å². The number of amides is 2. The van der Waals surface area contributed by atoms with E-state index in [0.717, 1.165) is 37.9 Å². The second-order valence-corrected chi connectivity index (χ2v) is 6.78. The zero-order chi connectivity index (χ0) is 18.8. The molecule has 2 aromatic rings. The lowest BCUT2D eigenvalue weighted by atomic mass is 10.0. The molecule has 0 aliphatic carbocycles. The Labute approximate surface area is 158 Å². The minimum atomic E-state index is -0.267. The maximum atomic E-state index is 13.3. The van der Waals surface area contributed by atoms with Gasteiger partial charge in [0.2, 0.25) is 0 Å². The normalized spacial score (nSPS) is 17.7. The van der Waals surface area contributed by atoms with E-state index in [2.05, 4.69) is 4.90 Å². The molecule has 0 spiro atoms. The molecule has 2 heterocycles. The van der Waals surface area contributed by atoms with E-state index in [9.17, 15) is 9.59 Å². The average molecular weight is 362 g/mol. The molecule has 1 fully saturated rings. The predicted octanol–water partition coefficient (Wildman–Crippen LogP) is 3.47. The molecule has 0 aromatic heterocycles. The van der Waals surface area contributed by atoms with E-state index >= 15 is 0 Å². The maximum absolute atomic E-state index is 13.3. The summed E-state index contributed by atoms with van der Waals surface area (Å²) in [5.74, 6) is 0.174. The lowest BCUT2D eigenvalue weighted by Crippen LogP contribution is -2.37. The highest BCUT2D eigenvalue weighted by Crippen LogP contribution is 2.36. The fraction of sp³-hybridized carbons (Fsp3) is 0.273. The lowest BCUT2D eigenvalue weighted by molar-refractivity contribution is -0.120. The topological polar surface area (TPSA) is 49.9 Å². The molecule has 2 aliphatic heterocycles. The largest absolute Gasteiger partial charge is 0.497 e. The summed E-state index contributed by atoms with van der Waals surface area (Å²) in [5.41, 5.74) is 2.37. The Hall–Kier alpha value is -3.08. The summed E-state index contributed by atoms with van der Waals surface area (Å²) in [7, 11) is 1.59. The summed E-state index contributed by atoms with van der Waals surface area (Å²) in [5, 5.41) is 0. The summed E-state index contributed by atoms with van der Waals surface area (Å²) in [4.78, 5) is 30.0. The number of anilines is 1. The Morgan fingerprint density at radius 3 is 2.11 bits per heavy atom. The Morgan fingerprint density at radius 2 is 1.48 bits per heavy atom. The van der Waals surface area contributed by atoms with Crippen molar-refractivity contribution < 1.29 is 14.3 Å². The zero-order valence-corrected chi connectivity index (χ0v) is 15.4. The van der Waals surface area contributed by atoms with E-state index < -0.39 is 0 Å². The Bertz CT molecular complexity index is 882. The van der Waals surface area contributed by atoms with Crippen LogP contribution in [0.4, 0.5) is 5.69 Å². The van der Waals surface area contributed by atoms with E-state index in [-0.39, 0.29) is 11.8 Å². The highest BCUT2D eigenvalue weighted by molar-refractivity contribution is 6.45. The number of ether oxygens (including phenoxy) is 1. The van der Waals surface area contributed by atoms with Gasteiger partial charge in [-0.2, -0.15) is 0 Å². The molecule has 2 amide bonds. The molecule has 0 unspecified atom stereocenters. The molecule has 1 saturated heterocycles. The van der Waals surface area contributed by atoms with Gasteiger partial charge in [0, 0.05) is 13.1 Å². The van der Waals surface area contributed by atoms with E-state index in [1.54, 1.807) is 31.4 Å². The van der Waals surface area contributed by atoms with Crippen LogP contribution in [0.1, 0.15) is 24.8 Å². The van der Waals surface area contributed by atoms with Crippen LogP contribution in [0.15, 0.2) is 60.3 Å². The average Bonchev–Trinajstić information content (AvgIpc) is 2.99. The van der Waals surface area contributed by atoms with Crippen LogP contribution in [0.25, 0.3) is 5.57 Å². The Kier molecular flexibility index (Phi) is 4.67. The lowest BCUT2D eigenvalue weighted by Gasteiger charge is -2.29. The summed E-state index contributed by atoms with van der Waals surface area (Å²) < 4.78 is 5.19. The van der Waals surface area contributed by atoms with Crippen molar-refractivity contribution in [3.05, 3.63) is 65.9 Å². The van der Waals surface area contributed by atoms with Crippen molar-refractivity contribution >= 4 is 23.1 Å². The third kappa shape index (κ3) is 3.10. The monoisotopic (exact) mass is 362 g/mol. The van der Waals surface area contributed by atoms with Gasteiger partial charge in [-0.1, -0.05) is 30.3 Å². The number of likely N-dealkylation sites (tertiary alicyclic amines) is 1. The third-order valence-corrected chi connectivity index (χ3v) is 5.12. The number of hydrogen-bond acceptors (Lipinski definition) is 4. The van der Waals surface area contributed by atoms with Gasteiger partial charge in [-0.25, -0.2) is 4.90 Å². The van der Waals surface area contributed by atoms with Crippen molar-refractivity contribution in [2.24, 2.45) is 0 Å². The van der Waals surface area contributed by atoms with Gasteiger partial charge >= 0.3 is 0 Å². The SMILES string of the molecule is COc1ccc(N2C(=O)C(c3ccccc3)=C(N3CCCCC3)C2=O)cc1. The van der Waals surface area contributed by atoms with Crippen LogP contribution in [-0.4, -0.2) is 36.9 Å². The van der Waals surface area contributed by atoms with Crippen molar-refractivity contribution in [1.29, 1.82) is 0 Å². The fourth-order valence-corrected chi connectivity index (χ4v) is 3.76. The van der Waals surface area contributed by atoms with E-state index in [1.807, 2.05) is 30.3 Å². The zero-order valence-electron chi connectivity index (χ0n) is 15.4. The molecule has 138 valence electrons. The van der Waals surface area contributed by atoms with Crippen molar-refractivity contribution in [1.82, 2.24) is 4.90 Å². The number of rotatable bonds is 4. The molecule has 5 heteroatoms. The Morgan fingerprint density at radius 1 is 0.815 bits per heavy atom. The summed E-state index contributed by atoms with van der Waals surface area (Å²) in [6.45, 7) is 1.61. The number of carbonyl (C=O) groups excluding carboxylic acids is 2. The van der Waals surface area contributed by atoms with Gasteiger partial charge in [0.1, 0.15) is 11.4 Å². The quantitative estimate of drug-likeness (QED) is 0.782. The van der Waals surface area contributed by atoms with E-state index in [1.165, 1.54) is 4.90 Å². The molecular weight excluding hydrogens is 340 g/mol. The molecule has 5 nitrogen and oxygen atoms in total. The highest BCUT2D eigenvalue weighted by Gasteiger charge is 2.42. The molecule has 0 saturated carbocycles. The number of nitrogens with zero attached hydrogens (tertiary/aromatic N) is 2. The van der Waals surface area contributed by atoms with Crippen LogP contribution in [0, 0.1) is 0 Å². The van der Waals surface area contributed by atoms with Gasteiger partial charge in [0.05, 0.1) is 18.4 Å². The van der Waals surface area contributed by atoms with Gasteiger partial charge in [-0.05, 0) is 49.1 Å². The van der Waals surface area contributed by atoms with E-state index in [0.29, 0.717) is 22.7 Å². The number of carbonyl (C=O) groups is 2. The van der Waals surface area contributed by atoms with Gasteiger partial charge in [-0.3, -0.25) is 9.59 Å². The molecule has 0 N–H and O–H groups in total. The van der Waals surface area contributed by atoms with Crippen molar-refractivity contribution in [2.75, 3.05) is 25.1 Å². The summed E-state index contributed by atoms with van der Waals surface area (Å²) in [6, 6.07) is 16.5. The number of methoxy groups -OCH3 is 1. The molecule has 2 aliphatic rings. The smallest absolute Gasteiger partial charge is 0.282 e. The summed E-state index contributed by atoms with van der Waals surface area (Å²) >= 11 is 0. The summed E-state index contributed by atoms with van der Waals surface area (Å²) in [6.07, 6.45) is 3.24. The molecular formula is C22H22N2O3. The van der Waals surface area contributed by atoms with Crippen LogP contribution >= 0.6 is 0 Å². The van der Waals surface area contributed by atoms with Gasteiger partial charge < -0.3 is 9.64 Å². The van der Waals surface area contributed by atoms with Crippen molar-refractivity contribution in [2.45, 2.75) is 19.3 Å². The van der Waals surface area contributed by atoms with Crippen molar-refractivity contribution in [3.8, 4) is 5.75 Å². The maximum Gasteiger partial charge on any atom is 0.282 e. The van der Waals surface area contributed by atoms with Gasteiger partial charge in [-0.15, -0.1) is 0 Å². The first-order valence-electron chi connectivity index (χ1n) is 9.28. The minimum Gasteiger partial charge on any atom is -0.497 e. The molecule has 27 heavy (non-hydrogen) atoms. The predicted molar refractivity (Wildman–Crippen MR) is 104 cm³/mol. The minimum absolute atomic E-state index is 0.245. The number of piperidine rings is 1. The number of benzene rings is 2. The standard InChI is InChI=1S/C22H22N2O3/c1-27-18-12-10-17(11-13-18)24-21(25)19(16-8-4-2-5-9-16)20(22(24)26)23-14-6-3-7-15-23/h2,4-5,8-13H,3,6-7,14-15H2,1H3. The first kappa shape index (κ1) is 17.3. The van der Waals surface area contributed by atoms with Gasteiger partial charge in [0.25, 0.3) is 11.8 Å². The van der Waals surface area contributed by atoms with Crippen LogP contribution in [-0.2, 0) is 9.59 Å². The van der Waals surface area contributed by atoms with Crippen molar-refractivity contribution in [3.63, 3.8) is 0 Å². The second kappa shape index (κ2) is 7.27. The van der Waals surface area contributed by atoms with Crippen LogP contribution in [0.2, 0.25) is 0 Å². The van der Waals surface area contributed by atoms with Crippen LogP contribution in [0.3, 0.4) is 0 Å². The molecule has 4 rings (SSSR count). The Balaban J connectivity index is 1.78. The van der Waals surface area contributed by atoms with E-state index in [4.69, 9.17) is 4.74 Å². The van der Waals surface area contributed by atoms with Gasteiger partial charge in [0.15, 0.2) is 0 Å². The molecule has 0 radical (unpaired) electrons. The molecule has 0 atom stereocenters. The number of imide groups is 1. The first-order chi connectivity index (χ1) is 13.2. The first-order valence-corrected chi connectivity index (χ1v) is 9.28. The molecule has 2 aromatic carbocycles. The molecule has 0 bridgehead atoms. The van der Waals surface area contributed by atoms with Crippen LogP contribution < -0.4 is 9.64 Å². The third-order valence-electron chi connectivity index (χ3n) is 5.12.